The zero-order valence-electron chi connectivity index (χ0n) is 18.0. The predicted octanol–water partition coefficient (Wildman–Crippen LogP) is 4.86. The molecule has 0 bridgehead atoms. The molecule has 2 aromatic carbocycles. The highest BCUT2D eigenvalue weighted by Gasteiger charge is 2.39. The number of amides is 2. The Kier molecular flexibility index (Phi) is 5.26. The maximum Gasteiger partial charge on any atom is 0.255 e. The Balaban J connectivity index is 1.43. The van der Waals surface area contributed by atoms with Crippen LogP contribution < -0.4 is 5.32 Å². The van der Waals surface area contributed by atoms with Crippen LogP contribution >= 0.6 is 0 Å². The van der Waals surface area contributed by atoms with Crippen LogP contribution in [0, 0.1) is 6.92 Å². The van der Waals surface area contributed by atoms with Crippen molar-refractivity contribution in [3.8, 4) is 0 Å². The first kappa shape index (κ1) is 19.9. The Morgan fingerprint density at radius 3 is 2.65 bits per heavy atom. The van der Waals surface area contributed by atoms with Crippen molar-refractivity contribution in [2.24, 2.45) is 0 Å². The number of nitrogens with one attached hydrogen (secondary N) is 2. The van der Waals surface area contributed by atoms with Gasteiger partial charge in [-0.05, 0) is 37.5 Å². The van der Waals surface area contributed by atoms with E-state index in [4.69, 9.17) is 0 Å². The molecule has 3 aromatic rings. The summed E-state index contributed by atoms with van der Waals surface area (Å²) in [4.78, 5) is 31.4. The quantitative estimate of drug-likeness (QED) is 0.625. The highest BCUT2D eigenvalue weighted by atomic mass is 16.2. The molecule has 1 aliphatic carbocycles. The fourth-order valence-electron chi connectivity index (χ4n) is 5.33. The molecule has 5 rings (SSSR count). The molecule has 0 radical (unpaired) electrons. The zero-order valence-corrected chi connectivity index (χ0v) is 18.0. The molecule has 2 aliphatic rings. The Labute approximate surface area is 182 Å². The number of benzene rings is 2. The van der Waals surface area contributed by atoms with Crippen LogP contribution in [0.15, 0.2) is 48.5 Å². The minimum Gasteiger partial charge on any atom is -0.358 e. The summed E-state index contributed by atoms with van der Waals surface area (Å²) in [7, 11) is 0. The number of nitrogens with zero attached hydrogens (tertiary/aromatic N) is 1. The molecule has 1 aliphatic heterocycles. The number of H-pyrrole nitrogens is 1. The van der Waals surface area contributed by atoms with Gasteiger partial charge in [0, 0.05) is 46.7 Å². The van der Waals surface area contributed by atoms with Crippen molar-refractivity contribution in [3.63, 3.8) is 0 Å². The van der Waals surface area contributed by atoms with Crippen molar-refractivity contribution in [2.45, 2.75) is 57.5 Å². The number of carbonyl (C=O) groups excluding carboxylic acids is 2. The van der Waals surface area contributed by atoms with E-state index < -0.39 is 0 Å². The summed E-state index contributed by atoms with van der Waals surface area (Å²) in [6.07, 6.45) is 6.10. The summed E-state index contributed by atoms with van der Waals surface area (Å²) in [5.41, 5.74) is 5.02. The minimum absolute atomic E-state index is 0.00995. The third-order valence-corrected chi connectivity index (χ3v) is 6.83. The standard InChI is InChI=1S/C26H29N3O2/c1-17-24(21-13-7-8-14-22(21)27-17)25-19-11-5-6-12-20(19)26(31)29(25)16-15-23(30)28-18-9-3-2-4-10-18/h5-8,11-14,18,25,27H,2-4,9-10,15-16H2,1H3,(H,28,30)/t25-/m0/s1. The van der Waals surface area contributed by atoms with Crippen LogP contribution in [-0.2, 0) is 4.79 Å². The second-order valence-corrected chi connectivity index (χ2v) is 8.85. The van der Waals surface area contributed by atoms with E-state index in [0.717, 1.165) is 46.1 Å². The van der Waals surface area contributed by atoms with Crippen LogP contribution in [0.2, 0.25) is 0 Å². The van der Waals surface area contributed by atoms with Crippen LogP contribution in [0.1, 0.15) is 71.7 Å². The molecule has 0 unspecified atom stereocenters. The molecular weight excluding hydrogens is 386 g/mol. The van der Waals surface area contributed by atoms with E-state index in [0.29, 0.717) is 19.0 Å². The van der Waals surface area contributed by atoms with E-state index >= 15 is 0 Å². The molecule has 31 heavy (non-hydrogen) atoms. The average Bonchev–Trinajstić information content (AvgIpc) is 3.26. The summed E-state index contributed by atoms with van der Waals surface area (Å²) in [6.45, 7) is 2.48. The number of aromatic nitrogens is 1. The molecule has 2 N–H and O–H groups in total. The first-order chi connectivity index (χ1) is 15.1. The van der Waals surface area contributed by atoms with Gasteiger partial charge >= 0.3 is 0 Å². The molecule has 1 saturated carbocycles. The average molecular weight is 416 g/mol. The van der Waals surface area contributed by atoms with Gasteiger partial charge in [-0.15, -0.1) is 0 Å². The summed E-state index contributed by atoms with van der Waals surface area (Å²) in [6, 6.07) is 16.2. The number of aromatic amines is 1. The monoisotopic (exact) mass is 415 g/mol. The third-order valence-electron chi connectivity index (χ3n) is 6.83. The Bertz CT molecular complexity index is 1130. The van der Waals surface area contributed by atoms with Crippen LogP contribution in [0.4, 0.5) is 0 Å². The number of rotatable bonds is 5. The first-order valence-electron chi connectivity index (χ1n) is 11.4. The van der Waals surface area contributed by atoms with Crippen molar-refractivity contribution >= 4 is 22.7 Å². The largest absolute Gasteiger partial charge is 0.358 e. The van der Waals surface area contributed by atoms with E-state index in [2.05, 4.69) is 29.4 Å². The number of carbonyl (C=O) groups is 2. The Hall–Kier alpha value is -3.08. The number of aryl methyl sites for hydroxylation is 1. The van der Waals surface area contributed by atoms with Crippen LogP contribution in [0.5, 0.6) is 0 Å². The van der Waals surface area contributed by atoms with Crippen molar-refractivity contribution in [1.29, 1.82) is 0 Å². The highest BCUT2D eigenvalue weighted by Crippen LogP contribution is 2.42. The molecule has 1 atom stereocenters. The first-order valence-corrected chi connectivity index (χ1v) is 11.4. The van der Waals surface area contributed by atoms with Crippen molar-refractivity contribution in [1.82, 2.24) is 15.2 Å². The Morgan fingerprint density at radius 2 is 1.81 bits per heavy atom. The van der Waals surface area contributed by atoms with E-state index in [1.807, 2.05) is 41.3 Å². The second kappa shape index (κ2) is 8.22. The topological polar surface area (TPSA) is 65.2 Å². The predicted molar refractivity (Wildman–Crippen MR) is 122 cm³/mol. The molecule has 1 fully saturated rings. The third kappa shape index (κ3) is 3.62. The molecule has 2 heterocycles. The van der Waals surface area contributed by atoms with Gasteiger partial charge in [0.05, 0.1) is 6.04 Å². The van der Waals surface area contributed by atoms with E-state index in [1.165, 1.54) is 19.3 Å². The molecule has 5 nitrogen and oxygen atoms in total. The van der Waals surface area contributed by atoms with Crippen molar-refractivity contribution < 1.29 is 9.59 Å². The van der Waals surface area contributed by atoms with Gasteiger partial charge < -0.3 is 15.2 Å². The molecule has 160 valence electrons. The number of hydrogen-bond donors (Lipinski definition) is 2. The molecule has 0 saturated heterocycles. The second-order valence-electron chi connectivity index (χ2n) is 8.85. The maximum atomic E-state index is 13.3. The highest BCUT2D eigenvalue weighted by molar-refractivity contribution is 6.01. The van der Waals surface area contributed by atoms with Gasteiger partial charge in [0.1, 0.15) is 0 Å². The smallest absolute Gasteiger partial charge is 0.255 e. The summed E-state index contributed by atoms with van der Waals surface area (Å²) >= 11 is 0. The van der Waals surface area contributed by atoms with Gasteiger partial charge in [-0.1, -0.05) is 55.7 Å². The van der Waals surface area contributed by atoms with Gasteiger partial charge in [0.2, 0.25) is 5.91 Å². The lowest BCUT2D eigenvalue weighted by Gasteiger charge is -2.27. The lowest BCUT2D eigenvalue weighted by Crippen LogP contribution is -2.39. The fraction of sp³-hybridized carbons (Fsp3) is 0.385. The van der Waals surface area contributed by atoms with Gasteiger partial charge in [-0.2, -0.15) is 0 Å². The normalized spacial score (nSPS) is 19.1. The van der Waals surface area contributed by atoms with Gasteiger partial charge in [-0.3, -0.25) is 9.59 Å². The van der Waals surface area contributed by atoms with Crippen LogP contribution in [-0.4, -0.2) is 34.3 Å². The van der Waals surface area contributed by atoms with Gasteiger partial charge in [0.25, 0.3) is 5.91 Å². The van der Waals surface area contributed by atoms with Crippen molar-refractivity contribution in [2.75, 3.05) is 6.54 Å². The van der Waals surface area contributed by atoms with Crippen LogP contribution in [0.3, 0.4) is 0 Å². The Morgan fingerprint density at radius 1 is 1.06 bits per heavy atom. The molecule has 0 spiro atoms. The molecule has 2 amide bonds. The lowest BCUT2D eigenvalue weighted by molar-refractivity contribution is -0.122. The van der Waals surface area contributed by atoms with Crippen LogP contribution in [0.25, 0.3) is 10.9 Å². The molecule has 1 aromatic heterocycles. The number of para-hydroxylation sites is 1. The minimum atomic E-state index is -0.178. The lowest BCUT2D eigenvalue weighted by atomic mass is 9.95. The van der Waals surface area contributed by atoms with E-state index in [9.17, 15) is 9.59 Å². The van der Waals surface area contributed by atoms with Crippen molar-refractivity contribution in [3.05, 3.63) is 70.9 Å². The number of fused-ring (bicyclic) bond motifs is 2. The summed E-state index contributed by atoms with van der Waals surface area (Å²) < 4.78 is 0. The summed E-state index contributed by atoms with van der Waals surface area (Å²) in [5.74, 6) is 0.0563. The van der Waals surface area contributed by atoms with E-state index in [1.54, 1.807) is 0 Å². The van der Waals surface area contributed by atoms with Gasteiger partial charge in [-0.25, -0.2) is 0 Å². The number of hydrogen-bond acceptors (Lipinski definition) is 2. The SMILES string of the molecule is Cc1[nH]c2ccccc2c1[C@@H]1c2ccccc2C(=O)N1CCC(=O)NC1CCCCC1. The molecule has 5 heteroatoms. The summed E-state index contributed by atoms with van der Waals surface area (Å²) in [5, 5.41) is 4.32. The molecular formula is C26H29N3O2. The van der Waals surface area contributed by atoms with Gasteiger partial charge in [0.15, 0.2) is 0 Å². The maximum absolute atomic E-state index is 13.3. The fourth-order valence-corrected chi connectivity index (χ4v) is 5.33. The zero-order chi connectivity index (χ0) is 21.4. The van der Waals surface area contributed by atoms with E-state index in [-0.39, 0.29) is 17.9 Å².